The number of aryl methyl sites for hydroxylation is 1. The molecule has 6 nitrogen and oxygen atoms in total. The van der Waals surface area contributed by atoms with Crippen LogP contribution in [0.25, 0.3) is 0 Å². The molecule has 1 N–H and O–H groups in total. The zero-order valence-electron chi connectivity index (χ0n) is 12.1. The number of ether oxygens (including phenoxy) is 1. The van der Waals surface area contributed by atoms with E-state index in [1.807, 2.05) is 19.3 Å². The van der Waals surface area contributed by atoms with Crippen LogP contribution in [0.1, 0.15) is 18.2 Å². The molecular formula is C13H23N3O3S. The van der Waals surface area contributed by atoms with E-state index < -0.39 is 10.0 Å². The summed E-state index contributed by atoms with van der Waals surface area (Å²) in [4.78, 5) is 2.31. The van der Waals surface area contributed by atoms with Crippen molar-refractivity contribution in [1.82, 2.24) is 14.2 Å². The van der Waals surface area contributed by atoms with Gasteiger partial charge in [0.05, 0.1) is 25.0 Å². The Morgan fingerprint density at radius 3 is 2.95 bits per heavy atom. The number of nitrogens with one attached hydrogen (secondary N) is 1. The topological polar surface area (TPSA) is 63.6 Å². The summed E-state index contributed by atoms with van der Waals surface area (Å²) in [5.41, 5.74) is 1.21. The SMILES string of the molecule is CNS(=O)(=O)CCCN1CCOC[C@@H]1c1cccn1C. The highest BCUT2D eigenvalue weighted by Crippen LogP contribution is 2.24. The third-order valence-corrected chi connectivity index (χ3v) is 5.18. The van der Waals surface area contributed by atoms with Gasteiger partial charge in [-0.25, -0.2) is 13.1 Å². The molecule has 2 rings (SSSR count). The zero-order valence-corrected chi connectivity index (χ0v) is 12.9. The Morgan fingerprint density at radius 1 is 1.50 bits per heavy atom. The van der Waals surface area contributed by atoms with Gasteiger partial charge in [-0.3, -0.25) is 4.90 Å². The van der Waals surface area contributed by atoms with Gasteiger partial charge < -0.3 is 9.30 Å². The van der Waals surface area contributed by atoms with E-state index in [1.54, 1.807) is 0 Å². The van der Waals surface area contributed by atoms with Crippen LogP contribution in [0.2, 0.25) is 0 Å². The van der Waals surface area contributed by atoms with Crippen LogP contribution in [0.4, 0.5) is 0 Å². The molecule has 20 heavy (non-hydrogen) atoms. The number of sulfonamides is 1. The minimum Gasteiger partial charge on any atom is -0.378 e. The fourth-order valence-corrected chi connectivity index (χ4v) is 3.27. The van der Waals surface area contributed by atoms with E-state index >= 15 is 0 Å². The molecule has 0 aliphatic carbocycles. The monoisotopic (exact) mass is 301 g/mol. The van der Waals surface area contributed by atoms with Gasteiger partial charge in [0.2, 0.25) is 10.0 Å². The van der Waals surface area contributed by atoms with Crippen LogP contribution in [-0.4, -0.2) is 57.0 Å². The summed E-state index contributed by atoms with van der Waals surface area (Å²) in [5.74, 6) is 0.167. The van der Waals surface area contributed by atoms with Crippen LogP contribution < -0.4 is 4.72 Å². The summed E-state index contributed by atoms with van der Waals surface area (Å²) in [6.07, 6.45) is 2.65. The average Bonchev–Trinajstić information content (AvgIpc) is 2.85. The van der Waals surface area contributed by atoms with Gasteiger partial charge in [0.1, 0.15) is 0 Å². The van der Waals surface area contributed by atoms with Crippen LogP contribution >= 0.6 is 0 Å². The number of morpholine rings is 1. The van der Waals surface area contributed by atoms with Gasteiger partial charge in [-0.05, 0) is 25.6 Å². The number of aromatic nitrogens is 1. The van der Waals surface area contributed by atoms with Gasteiger partial charge in [-0.2, -0.15) is 0 Å². The van der Waals surface area contributed by atoms with Gasteiger partial charge in [-0.1, -0.05) is 0 Å². The lowest BCUT2D eigenvalue weighted by atomic mass is 10.1. The van der Waals surface area contributed by atoms with Crippen LogP contribution in [0.15, 0.2) is 18.3 Å². The van der Waals surface area contributed by atoms with E-state index in [4.69, 9.17) is 4.74 Å². The fourth-order valence-electron chi connectivity index (χ4n) is 2.56. The summed E-state index contributed by atoms with van der Waals surface area (Å²) in [6.45, 7) is 2.98. The first-order valence-corrected chi connectivity index (χ1v) is 8.53. The first-order chi connectivity index (χ1) is 9.53. The number of rotatable bonds is 6. The van der Waals surface area contributed by atoms with Crippen LogP contribution in [-0.2, 0) is 21.8 Å². The Morgan fingerprint density at radius 2 is 2.30 bits per heavy atom. The minimum absolute atomic E-state index is 0.167. The molecule has 0 spiro atoms. The normalized spacial score (nSPS) is 21.2. The standard InChI is InChI=1S/C13H23N3O3S/c1-14-20(17,18)10-4-7-16-8-9-19-11-13(16)12-5-3-6-15(12)2/h3,5-6,13-14H,4,7-11H2,1-2H3/t13-/m1/s1. The average molecular weight is 301 g/mol. The van der Waals surface area contributed by atoms with Crippen LogP contribution in [0, 0.1) is 0 Å². The second kappa shape index (κ2) is 6.71. The highest BCUT2D eigenvalue weighted by Gasteiger charge is 2.26. The maximum absolute atomic E-state index is 11.4. The molecule has 7 heteroatoms. The smallest absolute Gasteiger partial charge is 0.211 e. The summed E-state index contributed by atoms with van der Waals surface area (Å²) in [7, 11) is 0.364. The predicted molar refractivity (Wildman–Crippen MR) is 78.0 cm³/mol. The Labute approximate surface area is 120 Å². The third-order valence-electron chi connectivity index (χ3n) is 3.73. The largest absolute Gasteiger partial charge is 0.378 e. The summed E-state index contributed by atoms with van der Waals surface area (Å²) in [5, 5.41) is 0. The van der Waals surface area contributed by atoms with Crippen molar-refractivity contribution >= 4 is 10.0 Å². The molecule has 1 atom stereocenters. The summed E-state index contributed by atoms with van der Waals surface area (Å²) < 4.78 is 32.9. The van der Waals surface area contributed by atoms with E-state index in [-0.39, 0.29) is 11.8 Å². The lowest BCUT2D eigenvalue weighted by molar-refractivity contribution is -0.0107. The van der Waals surface area contributed by atoms with Crippen molar-refractivity contribution in [3.05, 3.63) is 24.0 Å². The van der Waals surface area contributed by atoms with Crippen LogP contribution in [0.3, 0.4) is 0 Å². The molecule has 1 fully saturated rings. The van der Waals surface area contributed by atoms with Crippen molar-refractivity contribution in [2.45, 2.75) is 12.5 Å². The Kier molecular flexibility index (Phi) is 5.20. The molecule has 0 amide bonds. The molecule has 0 radical (unpaired) electrons. The number of hydrogen-bond acceptors (Lipinski definition) is 4. The molecular weight excluding hydrogens is 278 g/mol. The quantitative estimate of drug-likeness (QED) is 0.823. The Hall–Kier alpha value is -0.890. The first kappa shape index (κ1) is 15.5. The van der Waals surface area contributed by atoms with E-state index in [2.05, 4.69) is 20.3 Å². The molecule has 1 aliphatic heterocycles. The maximum atomic E-state index is 11.4. The maximum Gasteiger partial charge on any atom is 0.211 e. The molecule has 114 valence electrons. The molecule has 0 aromatic carbocycles. The Bertz CT molecular complexity index is 527. The molecule has 1 aromatic heterocycles. The number of nitrogens with zero attached hydrogens (tertiary/aromatic N) is 2. The van der Waals surface area contributed by atoms with Gasteiger partial charge in [0.15, 0.2) is 0 Å². The Balaban J connectivity index is 1.96. The van der Waals surface area contributed by atoms with Crippen molar-refractivity contribution in [3.63, 3.8) is 0 Å². The molecule has 0 bridgehead atoms. The van der Waals surface area contributed by atoms with Crippen molar-refractivity contribution in [3.8, 4) is 0 Å². The highest BCUT2D eigenvalue weighted by molar-refractivity contribution is 7.89. The van der Waals surface area contributed by atoms with Crippen molar-refractivity contribution in [2.24, 2.45) is 7.05 Å². The van der Waals surface area contributed by atoms with E-state index in [0.29, 0.717) is 19.6 Å². The van der Waals surface area contributed by atoms with Gasteiger partial charge >= 0.3 is 0 Å². The minimum atomic E-state index is -3.11. The van der Waals surface area contributed by atoms with Crippen molar-refractivity contribution < 1.29 is 13.2 Å². The van der Waals surface area contributed by atoms with E-state index in [1.165, 1.54) is 12.7 Å². The highest BCUT2D eigenvalue weighted by atomic mass is 32.2. The molecule has 2 heterocycles. The second-order valence-electron chi connectivity index (χ2n) is 5.05. The van der Waals surface area contributed by atoms with Crippen molar-refractivity contribution in [2.75, 3.05) is 39.1 Å². The lowest BCUT2D eigenvalue weighted by Crippen LogP contribution is -2.41. The molecule has 0 saturated carbocycles. The van der Waals surface area contributed by atoms with Gasteiger partial charge in [0, 0.05) is 32.0 Å². The summed E-state index contributed by atoms with van der Waals surface area (Å²) >= 11 is 0. The molecule has 1 aromatic rings. The second-order valence-corrected chi connectivity index (χ2v) is 7.09. The van der Waals surface area contributed by atoms with Crippen LogP contribution in [0.5, 0.6) is 0 Å². The number of hydrogen-bond donors (Lipinski definition) is 1. The molecule has 0 unspecified atom stereocenters. The van der Waals surface area contributed by atoms with E-state index in [0.717, 1.165) is 13.1 Å². The predicted octanol–water partition coefficient (Wildman–Crippen LogP) is 0.338. The third kappa shape index (κ3) is 3.82. The first-order valence-electron chi connectivity index (χ1n) is 6.88. The molecule has 1 saturated heterocycles. The fraction of sp³-hybridized carbons (Fsp3) is 0.692. The zero-order chi connectivity index (χ0) is 14.6. The lowest BCUT2D eigenvalue weighted by Gasteiger charge is -2.35. The van der Waals surface area contributed by atoms with Gasteiger partial charge in [0.25, 0.3) is 0 Å². The van der Waals surface area contributed by atoms with Gasteiger partial charge in [-0.15, -0.1) is 0 Å². The van der Waals surface area contributed by atoms with E-state index in [9.17, 15) is 8.42 Å². The molecule has 1 aliphatic rings. The van der Waals surface area contributed by atoms with Crippen molar-refractivity contribution in [1.29, 1.82) is 0 Å². The summed E-state index contributed by atoms with van der Waals surface area (Å²) in [6, 6.07) is 4.32.